The SMILES string of the molecule is CC(C)=CCC[C@]1(C)Oc2c(O)cccc2[C@H]2OCC3(CCCN(C(=O)OC(C)(C)C)C3)C[C@@H]21. The molecule has 0 aliphatic carbocycles. The zero-order valence-electron chi connectivity index (χ0n) is 21.6. The molecule has 2 saturated heterocycles. The number of hydrogen-bond acceptors (Lipinski definition) is 5. The van der Waals surface area contributed by atoms with Gasteiger partial charge in [0.05, 0.1) is 12.7 Å². The summed E-state index contributed by atoms with van der Waals surface area (Å²) < 4.78 is 18.9. The van der Waals surface area contributed by atoms with Crippen molar-refractivity contribution in [2.24, 2.45) is 11.3 Å². The Morgan fingerprint density at radius 3 is 2.79 bits per heavy atom. The smallest absolute Gasteiger partial charge is 0.410 e. The molecule has 0 saturated carbocycles. The maximum absolute atomic E-state index is 12.9. The van der Waals surface area contributed by atoms with E-state index >= 15 is 0 Å². The number of benzene rings is 1. The van der Waals surface area contributed by atoms with E-state index in [-0.39, 0.29) is 29.3 Å². The molecule has 3 aliphatic heterocycles. The van der Waals surface area contributed by atoms with Crippen molar-refractivity contribution in [3.8, 4) is 11.5 Å². The summed E-state index contributed by atoms with van der Waals surface area (Å²) in [6.45, 7) is 14.1. The monoisotopic (exact) mass is 471 g/mol. The van der Waals surface area contributed by atoms with E-state index in [9.17, 15) is 9.90 Å². The molecule has 1 aromatic carbocycles. The van der Waals surface area contributed by atoms with Crippen LogP contribution in [0.1, 0.15) is 85.3 Å². The fraction of sp³-hybridized carbons (Fsp3) is 0.679. The third-order valence-corrected chi connectivity index (χ3v) is 7.54. The highest BCUT2D eigenvalue weighted by atomic mass is 16.6. The average Bonchev–Trinajstić information content (AvgIpc) is 2.74. The fourth-order valence-electron chi connectivity index (χ4n) is 5.90. The van der Waals surface area contributed by atoms with Crippen LogP contribution in [-0.4, -0.2) is 47.0 Å². The number of fused-ring (bicyclic) bond motifs is 3. The third kappa shape index (κ3) is 5.07. The highest BCUT2D eigenvalue weighted by Crippen LogP contribution is 2.57. The lowest BCUT2D eigenvalue weighted by Gasteiger charge is -2.55. The normalized spacial score (nSPS) is 30.7. The number of para-hydroxylation sites is 1. The van der Waals surface area contributed by atoms with Crippen molar-refractivity contribution >= 4 is 6.09 Å². The summed E-state index contributed by atoms with van der Waals surface area (Å²) in [5, 5.41) is 10.6. The summed E-state index contributed by atoms with van der Waals surface area (Å²) in [4.78, 5) is 14.7. The van der Waals surface area contributed by atoms with Gasteiger partial charge in [0, 0.05) is 30.0 Å². The molecular weight excluding hydrogens is 430 g/mol. The Kier molecular flexibility index (Phi) is 6.67. The lowest BCUT2D eigenvalue weighted by molar-refractivity contribution is -0.181. The summed E-state index contributed by atoms with van der Waals surface area (Å²) >= 11 is 0. The molecule has 1 spiro atoms. The first kappa shape index (κ1) is 24.9. The second-order valence-electron chi connectivity index (χ2n) is 12.0. The van der Waals surface area contributed by atoms with Crippen LogP contribution in [0, 0.1) is 11.3 Å². The molecule has 1 aromatic rings. The number of aromatic hydroxyl groups is 1. The molecule has 1 N–H and O–H groups in total. The van der Waals surface area contributed by atoms with Crippen molar-refractivity contribution in [1.82, 2.24) is 4.90 Å². The number of carbonyl (C=O) groups is 1. The first-order chi connectivity index (χ1) is 15.9. The van der Waals surface area contributed by atoms with Gasteiger partial charge in [0.15, 0.2) is 11.5 Å². The van der Waals surface area contributed by atoms with Crippen molar-refractivity contribution in [3.63, 3.8) is 0 Å². The number of carbonyl (C=O) groups excluding carboxylic acids is 1. The van der Waals surface area contributed by atoms with E-state index in [1.807, 2.05) is 37.8 Å². The van der Waals surface area contributed by atoms with Crippen LogP contribution < -0.4 is 4.74 Å². The zero-order chi connectivity index (χ0) is 24.7. The molecular formula is C28H41NO5. The summed E-state index contributed by atoms with van der Waals surface area (Å²) in [6, 6.07) is 5.55. The van der Waals surface area contributed by atoms with E-state index in [1.54, 1.807) is 6.07 Å². The highest BCUT2D eigenvalue weighted by molar-refractivity contribution is 5.68. The number of piperidine rings is 1. The molecule has 4 rings (SSSR count). The average molecular weight is 472 g/mol. The Morgan fingerprint density at radius 2 is 2.09 bits per heavy atom. The van der Waals surface area contributed by atoms with E-state index in [0.717, 1.165) is 44.2 Å². The molecule has 188 valence electrons. The van der Waals surface area contributed by atoms with Crippen molar-refractivity contribution in [1.29, 1.82) is 0 Å². The molecule has 2 fully saturated rings. The number of rotatable bonds is 3. The third-order valence-electron chi connectivity index (χ3n) is 7.54. The second kappa shape index (κ2) is 9.10. The lowest BCUT2D eigenvalue weighted by atomic mass is 9.64. The zero-order valence-corrected chi connectivity index (χ0v) is 21.6. The van der Waals surface area contributed by atoms with Crippen LogP contribution in [0.3, 0.4) is 0 Å². The van der Waals surface area contributed by atoms with Crippen LogP contribution >= 0.6 is 0 Å². The minimum Gasteiger partial charge on any atom is -0.504 e. The first-order valence-electron chi connectivity index (χ1n) is 12.7. The van der Waals surface area contributed by atoms with Gasteiger partial charge in [0.2, 0.25) is 0 Å². The molecule has 0 radical (unpaired) electrons. The van der Waals surface area contributed by atoms with Gasteiger partial charge in [-0.3, -0.25) is 0 Å². The maximum atomic E-state index is 12.9. The molecule has 3 heterocycles. The molecule has 4 atom stereocenters. The number of phenols is 1. The molecule has 6 nitrogen and oxygen atoms in total. The van der Waals surface area contributed by atoms with Crippen LogP contribution in [0.25, 0.3) is 0 Å². The van der Waals surface area contributed by atoms with Crippen molar-refractivity contribution < 1.29 is 24.1 Å². The van der Waals surface area contributed by atoms with Crippen LogP contribution in [0.4, 0.5) is 4.79 Å². The van der Waals surface area contributed by atoms with Crippen LogP contribution in [0.5, 0.6) is 11.5 Å². The first-order valence-corrected chi connectivity index (χ1v) is 12.7. The van der Waals surface area contributed by atoms with E-state index in [1.165, 1.54) is 5.57 Å². The van der Waals surface area contributed by atoms with Gasteiger partial charge in [0.1, 0.15) is 11.2 Å². The van der Waals surface area contributed by atoms with E-state index in [4.69, 9.17) is 14.2 Å². The topological polar surface area (TPSA) is 68.2 Å². The number of allylic oxidation sites excluding steroid dienone is 2. The quantitative estimate of drug-likeness (QED) is 0.518. The van der Waals surface area contributed by atoms with Crippen LogP contribution in [-0.2, 0) is 9.47 Å². The summed E-state index contributed by atoms with van der Waals surface area (Å²) in [5.41, 5.74) is 1.10. The largest absolute Gasteiger partial charge is 0.504 e. The van der Waals surface area contributed by atoms with E-state index < -0.39 is 11.2 Å². The Balaban J connectivity index is 1.61. The van der Waals surface area contributed by atoms with Gasteiger partial charge in [-0.15, -0.1) is 0 Å². The van der Waals surface area contributed by atoms with Gasteiger partial charge in [-0.1, -0.05) is 23.8 Å². The predicted molar refractivity (Wildman–Crippen MR) is 132 cm³/mol. The van der Waals surface area contributed by atoms with Gasteiger partial charge in [-0.25, -0.2) is 4.79 Å². The van der Waals surface area contributed by atoms with Crippen molar-refractivity contribution in [2.45, 2.75) is 91.0 Å². The second-order valence-corrected chi connectivity index (χ2v) is 12.0. The number of nitrogens with zero attached hydrogens (tertiary/aromatic N) is 1. The van der Waals surface area contributed by atoms with E-state index in [2.05, 4.69) is 26.8 Å². The summed E-state index contributed by atoms with van der Waals surface area (Å²) in [5.74, 6) is 0.847. The molecule has 34 heavy (non-hydrogen) atoms. The van der Waals surface area contributed by atoms with Gasteiger partial charge in [-0.05, 0) is 79.7 Å². The number of hydrogen-bond donors (Lipinski definition) is 1. The van der Waals surface area contributed by atoms with Crippen LogP contribution in [0.2, 0.25) is 0 Å². The van der Waals surface area contributed by atoms with Gasteiger partial charge < -0.3 is 24.2 Å². The minimum absolute atomic E-state index is 0.119. The Bertz CT molecular complexity index is 947. The molecule has 3 aliphatic rings. The maximum Gasteiger partial charge on any atom is 0.410 e. The fourth-order valence-corrected chi connectivity index (χ4v) is 5.90. The molecule has 0 bridgehead atoms. The predicted octanol–water partition coefficient (Wildman–Crippen LogP) is 6.38. The minimum atomic E-state index is -0.512. The van der Waals surface area contributed by atoms with E-state index in [0.29, 0.717) is 18.9 Å². The number of likely N-dealkylation sites (tertiary alicyclic amines) is 1. The van der Waals surface area contributed by atoms with Crippen molar-refractivity contribution in [2.75, 3.05) is 19.7 Å². The van der Waals surface area contributed by atoms with Crippen molar-refractivity contribution in [3.05, 3.63) is 35.4 Å². The van der Waals surface area contributed by atoms with Gasteiger partial charge in [0.25, 0.3) is 0 Å². The lowest BCUT2D eigenvalue weighted by Crippen LogP contribution is -2.57. The highest BCUT2D eigenvalue weighted by Gasteiger charge is 2.55. The number of amides is 1. The molecule has 0 aromatic heterocycles. The van der Waals surface area contributed by atoms with Gasteiger partial charge >= 0.3 is 6.09 Å². The Morgan fingerprint density at radius 1 is 1.32 bits per heavy atom. The van der Waals surface area contributed by atoms with Crippen LogP contribution in [0.15, 0.2) is 29.8 Å². The summed E-state index contributed by atoms with van der Waals surface area (Å²) in [7, 11) is 0. The Labute approximate surface area is 204 Å². The standard InChI is InChI=1S/C28H41NO5/c1-19(2)10-8-13-27(6)21-16-28(14-9-15-29(17-28)25(31)34-26(3,4)5)18-32-23(21)20-11-7-12-22(30)24(20)33-27/h7,10-12,21,23,30H,8-9,13-18H2,1-6H3/t21-,23+,27-,28?/m0/s1. The number of ether oxygens (including phenoxy) is 3. The molecule has 6 heteroatoms. The summed E-state index contributed by atoms with van der Waals surface area (Å²) in [6.07, 6.45) is 6.49. The van der Waals surface area contributed by atoms with Gasteiger partial charge in [-0.2, -0.15) is 0 Å². The Hall–Kier alpha value is -2.21. The number of phenolic OH excluding ortho intramolecular Hbond substituents is 1. The molecule has 1 unspecified atom stereocenters. The molecule has 1 amide bonds.